The summed E-state index contributed by atoms with van der Waals surface area (Å²) in [5, 5.41) is 10.4. The van der Waals surface area contributed by atoms with Crippen molar-refractivity contribution in [1.82, 2.24) is 4.90 Å². The van der Waals surface area contributed by atoms with E-state index in [1.807, 2.05) is 30.3 Å². The molecule has 140 valence electrons. The van der Waals surface area contributed by atoms with Crippen LogP contribution in [0.15, 0.2) is 65.3 Å². The number of furan rings is 1. The van der Waals surface area contributed by atoms with Crippen molar-refractivity contribution < 1.29 is 23.1 Å². The summed E-state index contributed by atoms with van der Waals surface area (Å²) in [6, 6.07) is 14.3. The molecule has 1 aromatic heterocycles. The smallest absolute Gasteiger partial charge is 0.257 e. The summed E-state index contributed by atoms with van der Waals surface area (Å²) in [7, 11) is 0. The van der Waals surface area contributed by atoms with E-state index in [2.05, 4.69) is 0 Å². The number of carbonyl (C=O) groups is 1. The summed E-state index contributed by atoms with van der Waals surface area (Å²) in [6.45, 7) is 1.52. The Morgan fingerprint density at radius 2 is 1.85 bits per heavy atom. The molecule has 0 aliphatic heterocycles. The first-order chi connectivity index (χ1) is 13.0. The normalized spacial score (nSPS) is 12.0. The molecule has 0 bridgehead atoms. The molecular weight excluding hydrogens is 352 g/mol. The third kappa shape index (κ3) is 4.41. The zero-order valence-corrected chi connectivity index (χ0v) is 14.7. The number of hydrogen-bond donors (Lipinski definition) is 1. The van der Waals surface area contributed by atoms with Crippen LogP contribution >= 0.6 is 0 Å². The summed E-state index contributed by atoms with van der Waals surface area (Å²) >= 11 is 0. The van der Waals surface area contributed by atoms with Crippen molar-refractivity contribution in [3.05, 3.63) is 94.9 Å². The number of amides is 1. The number of benzene rings is 2. The number of aliphatic hydroxyl groups excluding tert-OH is 1. The molecule has 0 aliphatic carbocycles. The van der Waals surface area contributed by atoms with Crippen molar-refractivity contribution in [3.8, 4) is 0 Å². The van der Waals surface area contributed by atoms with Crippen LogP contribution in [0.3, 0.4) is 0 Å². The standard InChI is InChI=1S/C21H19F2NO3/c1-14-10-16(18(23)11-17(14)22)21(26)24(12-15-6-3-2-4-7-15)13-19(25)20-8-5-9-27-20/h2-11,19,25H,12-13H2,1H3/t19-/m1/s1. The maximum absolute atomic E-state index is 14.2. The Kier molecular flexibility index (Phi) is 5.66. The Hall–Kier alpha value is -2.99. The molecule has 1 N–H and O–H groups in total. The van der Waals surface area contributed by atoms with E-state index in [1.165, 1.54) is 24.2 Å². The van der Waals surface area contributed by atoms with Gasteiger partial charge in [0.2, 0.25) is 0 Å². The third-order valence-corrected chi connectivity index (χ3v) is 4.25. The zero-order valence-electron chi connectivity index (χ0n) is 14.7. The number of nitrogens with zero attached hydrogens (tertiary/aromatic N) is 1. The largest absolute Gasteiger partial charge is 0.467 e. The van der Waals surface area contributed by atoms with E-state index in [1.54, 1.807) is 12.1 Å². The minimum Gasteiger partial charge on any atom is -0.467 e. The highest BCUT2D eigenvalue weighted by Crippen LogP contribution is 2.21. The molecule has 1 atom stereocenters. The molecule has 0 spiro atoms. The van der Waals surface area contributed by atoms with Gasteiger partial charge in [-0.3, -0.25) is 4.79 Å². The number of aryl methyl sites for hydroxylation is 1. The molecule has 0 saturated heterocycles. The minimum atomic E-state index is -1.07. The molecule has 0 saturated carbocycles. The third-order valence-electron chi connectivity index (χ3n) is 4.25. The van der Waals surface area contributed by atoms with Gasteiger partial charge in [-0.2, -0.15) is 0 Å². The fourth-order valence-corrected chi connectivity index (χ4v) is 2.79. The Morgan fingerprint density at radius 3 is 2.52 bits per heavy atom. The van der Waals surface area contributed by atoms with Crippen LogP contribution in [0.2, 0.25) is 0 Å². The molecular formula is C21H19F2NO3. The Labute approximate surface area is 155 Å². The van der Waals surface area contributed by atoms with Crippen molar-refractivity contribution in [3.63, 3.8) is 0 Å². The van der Waals surface area contributed by atoms with Gasteiger partial charge in [0.1, 0.15) is 23.5 Å². The van der Waals surface area contributed by atoms with Gasteiger partial charge in [-0.25, -0.2) is 8.78 Å². The second kappa shape index (κ2) is 8.14. The fraction of sp³-hybridized carbons (Fsp3) is 0.190. The Balaban J connectivity index is 1.90. The van der Waals surface area contributed by atoms with Gasteiger partial charge in [0.25, 0.3) is 5.91 Å². The predicted octanol–water partition coefficient (Wildman–Crippen LogP) is 4.24. The van der Waals surface area contributed by atoms with Crippen LogP contribution in [0, 0.1) is 18.6 Å². The molecule has 6 heteroatoms. The maximum atomic E-state index is 14.2. The van der Waals surface area contributed by atoms with Gasteiger partial charge < -0.3 is 14.4 Å². The van der Waals surface area contributed by atoms with Gasteiger partial charge in [0.15, 0.2) is 0 Å². The molecule has 2 aromatic carbocycles. The number of halogens is 2. The number of carbonyl (C=O) groups excluding carboxylic acids is 1. The lowest BCUT2D eigenvalue weighted by Crippen LogP contribution is -2.35. The van der Waals surface area contributed by atoms with Crippen molar-refractivity contribution in [1.29, 1.82) is 0 Å². The van der Waals surface area contributed by atoms with Crippen molar-refractivity contribution in [2.75, 3.05) is 6.54 Å². The highest BCUT2D eigenvalue weighted by Gasteiger charge is 2.24. The van der Waals surface area contributed by atoms with Crippen LogP contribution in [-0.2, 0) is 6.54 Å². The second-order valence-electron chi connectivity index (χ2n) is 6.28. The van der Waals surface area contributed by atoms with E-state index in [-0.39, 0.29) is 24.2 Å². The Bertz CT molecular complexity index is 911. The van der Waals surface area contributed by atoms with Crippen molar-refractivity contribution >= 4 is 5.91 Å². The molecule has 0 unspecified atom stereocenters. The zero-order chi connectivity index (χ0) is 19.4. The van der Waals surface area contributed by atoms with Crippen molar-refractivity contribution in [2.24, 2.45) is 0 Å². The van der Waals surface area contributed by atoms with Gasteiger partial charge in [-0.15, -0.1) is 0 Å². The highest BCUT2D eigenvalue weighted by molar-refractivity contribution is 5.94. The molecule has 3 aromatic rings. The molecule has 0 radical (unpaired) electrons. The molecule has 0 fully saturated rings. The molecule has 1 heterocycles. The average molecular weight is 371 g/mol. The average Bonchev–Trinajstić information content (AvgIpc) is 3.19. The van der Waals surface area contributed by atoms with Crippen LogP contribution < -0.4 is 0 Å². The summed E-state index contributed by atoms with van der Waals surface area (Å²) < 4.78 is 33.0. The topological polar surface area (TPSA) is 53.7 Å². The molecule has 1 amide bonds. The number of aliphatic hydroxyl groups is 1. The Morgan fingerprint density at radius 1 is 1.11 bits per heavy atom. The first kappa shape index (κ1) is 18.8. The van der Waals surface area contributed by atoms with E-state index in [9.17, 15) is 18.7 Å². The van der Waals surface area contributed by atoms with Gasteiger partial charge >= 0.3 is 0 Å². The van der Waals surface area contributed by atoms with Crippen LogP contribution in [-0.4, -0.2) is 22.5 Å². The molecule has 4 nitrogen and oxygen atoms in total. The monoisotopic (exact) mass is 371 g/mol. The van der Waals surface area contributed by atoms with Gasteiger partial charge in [-0.1, -0.05) is 30.3 Å². The molecule has 27 heavy (non-hydrogen) atoms. The first-order valence-electron chi connectivity index (χ1n) is 8.46. The number of rotatable bonds is 6. The van der Waals surface area contributed by atoms with Crippen LogP contribution in [0.25, 0.3) is 0 Å². The SMILES string of the molecule is Cc1cc(C(=O)N(Cc2ccccc2)C[C@@H](O)c2ccco2)c(F)cc1F. The van der Waals surface area contributed by atoms with Gasteiger partial charge in [-0.05, 0) is 36.2 Å². The predicted molar refractivity (Wildman–Crippen MR) is 95.9 cm³/mol. The number of hydrogen-bond acceptors (Lipinski definition) is 3. The van der Waals surface area contributed by atoms with Gasteiger partial charge in [0, 0.05) is 12.6 Å². The van der Waals surface area contributed by atoms with E-state index in [0.717, 1.165) is 5.56 Å². The van der Waals surface area contributed by atoms with E-state index < -0.39 is 23.6 Å². The first-order valence-corrected chi connectivity index (χ1v) is 8.46. The summed E-state index contributed by atoms with van der Waals surface area (Å²) in [5.74, 6) is -1.98. The maximum Gasteiger partial charge on any atom is 0.257 e. The van der Waals surface area contributed by atoms with Gasteiger partial charge in [0.05, 0.1) is 18.4 Å². The summed E-state index contributed by atoms with van der Waals surface area (Å²) in [4.78, 5) is 14.3. The lowest BCUT2D eigenvalue weighted by Gasteiger charge is -2.25. The lowest BCUT2D eigenvalue weighted by molar-refractivity contribution is 0.0559. The van der Waals surface area contributed by atoms with E-state index >= 15 is 0 Å². The van der Waals surface area contributed by atoms with Crippen molar-refractivity contribution in [2.45, 2.75) is 19.6 Å². The summed E-state index contributed by atoms with van der Waals surface area (Å²) in [5.41, 5.74) is 0.749. The quantitative estimate of drug-likeness (QED) is 0.705. The molecule has 0 aliphatic rings. The van der Waals surface area contributed by atoms with E-state index in [4.69, 9.17) is 4.42 Å². The fourth-order valence-electron chi connectivity index (χ4n) is 2.79. The minimum absolute atomic E-state index is 0.100. The summed E-state index contributed by atoms with van der Waals surface area (Å²) in [6.07, 6.45) is 0.350. The van der Waals surface area contributed by atoms with Crippen LogP contribution in [0.1, 0.15) is 33.3 Å². The second-order valence-corrected chi connectivity index (χ2v) is 6.28. The highest BCUT2D eigenvalue weighted by atomic mass is 19.1. The lowest BCUT2D eigenvalue weighted by atomic mass is 10.1. The van der Waals surface area contributed by atoms with E-state index in [0.29, 0.717) is 11.8 Å². The molecule has 3 rings (SSSR count). The van der Waals surface area contributed by atoms with Crippen LogP contribution in [0.4, 0.5) is 8.78 Å². The van der Waals surface area contributed by atoms with Crippen LogP contribution in [0.5, 0.6) is 0 Å².